The van der Waals surface area contributed by atoms with Crippen molar-refractivity contribution in [3.63, 3.8) is 0 Å². The number of amides is 1. The van der Waals surface area contributed by atoms with Crippen LogP contribution in [-0.2, 0) is 4.79 Å². The average Bonchev–Trinajstić information content (AvgIpc) is 2.67. The van der Waals surface area contributed by atoms with E-state index in [9.17, 15) is 35.4 Å². The van der Waals surface area contributed by atoms with E-state index in [4.69, 9.17) is 4.74 Å². The predicted molar refractivity (Wildman–Crippen MR) is 96.6 cm³/mol. The SMILES string of the molecule is COc1ccc(NC(=O)/C(C#N)=C\c2cc([N+](=O)[O-])cc([N+](=O)[O-])c2O)cc1. The number of rotatable bonds is 6. The highest BCUT2D eigenvalue weighted by Crippen LogP contribution is 2.35. The number of phenolic OH excluding ortho intramolecular Hbond substituents is 1. The molecule has 1 amide bonds. The van der Waals surface area contributed by atoms with Crippen LogP contribution in [0.4, 0.5) is 17.1 Å². The number of phenols is 1. The molecule has 0 atom stereocenters. The van der Waals surface area contributed by atoms with Gasteiger partial charge in [-0.25, -0.2) is 0 Å². The van der Waals surface area contributed by atoms with Crippen LogP contribution in [0.3, 0.4) is 0 Å². The smallest absolute Gasteiger partial charge is 0.318 e. The molecule has 28 heavy (non-hydrogen) atoms. The van der Waals surface area contributed by atoms with Crippen LogP contribution in [0.25, 0.3) is 6.08 Å². The van der Waals surface area contributed by atoms with Crippen molar-refractivity contribution in [1.82, 2.24) is 0 Å². The number of carbonyl (C=O) groups is 1. The summed E-state index contributed by atoms with van der Waals surface area (Å²) in [4.78, 5) is 32.3. The summed E-state index contributed by atoms with van der Waals surface area (Å²) in [5, 5.41) is 43.5. The quantitative estimate of drug-likeness (QED) is 0.331. The fourth-order valence-electron chi connectivity index (χ4n) is 2.16. The van der Waals surface area contributed by atoms with Gasteiger partial charge in [0.25, 0.3) is 11.6 Å². The first-order valence-corrected chi connectivity index (χ1v) is 7.49. The summed E-state index contributed by atoms with van der Waals surface area (Å²) in [5.41, 5.74) is -2.21. The second-order valence-electron chi connectivity index (χ2n) is 5.27. The lowest BCUT2D eigenvalue weighted by atomic mass is 10.1. The molecule has 2 aromatic rings. The van der Waals surface area contributed by atoms with E-state index in [-0.39, 0.29) is 0 Å². The number of nitro benzene ring substituents is 2. The molecule has 2 N–H and O–H groups in total. The van der Waals surface area contributed by atoms with Crippen LogP contribution in [0.5, 0.6) is 11.5 Å². The molecule has 11 nitrogen and oxygen atoms in total. The maximum absolute atomic E-state index is 12.3. The van der Waals surface area contributed by atoms with Crippen LogP contribution in [0, 0.1) is 31.6 Å². The zero-order valence-electron chi connectivity index (χ0n) is 14.3. The fraction of sp³-hybridized carbons (Fsp3) is 0.0588. The van der Waals surface area contributed by atoms with Crippen LogP contribution >= 0.6 is 0 Å². The third-order valence-corrected chi connectivity index (χ3v) is 3.52. The molecular weight excluding hydrogens is 372 g/mol. The van der Waals surface area contributed by atoms with Crippen LogP contribution in [0.15, 0.2) is 42.0 Å². The summed E-state index contributed by atoms with van der Waals surface area (Å²) in [6.45, 7) is 0. The van der Waals surface area contributed by atoms with Gasteiger partial charge in [0.1, 0.15) is 17.4 Å². The normalized spacial score (nSPS) is 10.6. The van der Waals surface area contributed by atoms with Gasteiger partial charge in [-0.1, -0.05) is 0 Å². The Morgan fingerprint density at radius 1 is 1.21 bits per heavy atom. The number of nitrogens with zero attached hydrogens (tertiary/aromatic N) is 3. The van der Waals surface area contributed by atoms with E-state index in [1.165, 1.54) is 19.2 Å². The largest absolute Gasteiger partial charge is 0.502 e. The molecule has 0 aromatic heterocycles. The number of hydrogen-bond acceptors (Lipinski definition) is 8. The van der Waals surface area contributed by atoms with Crippen molar-refractivity contribution < 1.29 is 24.5 Å². The minimum atomic E-state index is -1.01. The molecule has 142 valence electrons. The second-order valence-corrected chi connectivity index (χ2v) is 5.27. The number of benzene rings is 2. The van der Waals surface area contributed by atoms with E-state index in [0.717, 1.165) is 12.1 Å². The minimum Gasteiger partial charge on any atom is -0.502 e. The van der Waals surface area contributed by atoms with E-state index in [0.29, 0.717) is 17.5 Å². The van der Waals surface area contributed by atoms with Crippen LogP contribution < -0.4 is 10.1 Å². The Hall–Kier alpha value is -4.46. The first kappa shape index (κ1) is 19.9. The Labute approximate surface area is 157 Å². The van der Waals surface area contributed by atoms with Crippen LogP contribution in [0.1, 0.15) is 5.56 Å². The van der Waals surface area contributed by atoms with Crippen molar-refractivity contribution in [2.24, 2.45) is 0 Å². The van der Waals surface area contributed by atoms with Crippen molar-refractivity contribution in [2.75, 3.05) is 12.4 Å². The molecule has 2 rings (SSSR count). The summed E-state index contributed by atoms with van der Waals surface area (Å²) < 4.78 is 4.98. The molecule has 11 heteroatoms. The van der Waals surface area contributed by atoms with Gasteiger partial charge in [-0.15, -0.1) is 0 Å². The number of nitriles is 1. The molecular formula is C17H12N4O7. The number of nitrogens with one attached hydrogen (secondary N) is 1. The Morgan fingerprint density at radius 2 is 1.86 bits per heavy atom. The highest BCUT2D eigenvalue weighted by Gasteiger charge is 2.24. The third-order valence-electron chi connectivity index (χ3n) is 3.52. The van der Waals surface area contributed by atoms with Gasteiger partial charge in [0, 0.05) is 17.3 Å². The lowest BCUT2D eigenvalue weighted by molar-refractivity contribution is -0.394. The molecule has 0 heterocycles. The Bertz CT molecular complexity index is 1020. The maximum Gasteiger partial charge on any atom is 0.318 e. The molecule has 0 radical (unpaired) electrons. The molecule has 0 saturated carbocycles. The standard InChI is InChI=1S/C17H12N4O7/c1-28-14-4-2-12(3-5-14)19-17(23)11(9-18)6-10-7-13(20(24)25)8-15(16(10)22)21(26)27/h2-8,22H,1H3,(H,19,23)/b11-6-. The number of aromatic hydroxyl groups is 1. The topological polar surface area (TPSA) is 169 Å². The van der Waals surface area contributed by atoms with Crippen molar-refractivity contribution in [3.8, 4) is 17.6 Å². The highest BCUT2D eigenvalue weighted by molar-refractivity contribution is 6.10. The Kier molecular flexibility index (Phi) is 5.87. The number of nitro groups is 2. The van der Waals surface area contributed by atoms with Gasteiger partial charge in [-0.3, -0.25) is 25.0 Å². The maximum atomic E-state index is 12.3. The van der Waals surface area contributed by atoms with Gasteiger partial charge in [0.2, 0.25) is 5.75 Å². The zero-order chi connectivity index (χ0) is 20.8. The van der Waals surface area contributed by atoms with Gasteiger partial charge in [-0.05, 0) is 30.3 Å². The number of ether oxygens (including phenoxy) is 1. The lowest BCUT2D eigenvalue weighted by Crippen LogP contribution is -2.13. The summed E-state index contributed by atoms with van der Waals surface area (Å²) >= 11 is 0. The van der Waals surface area contributed by atoms with Crippen molar-refractivity contribution >= 4 is 29.0 Å². The van der Waals surface area contributed by atoms with Gasteiger partial charge in [-0.2, -0.15) is 5.26 Å². The van der Waals surface area contributed by atoms with E-state index in [1.807, 2.05) is 0 Å². The minimum absolute atomic E-state index is 0.334. The molecule has 2 aromatic carbocycles. The summed E-state index contributed by atoms with van der Waals surface area (Å²) in [5.74, 6) is -1.23. The zero-order valence-corrected chi connectivity index (χ0v) is 14.3. The van der Waals surface area contributed by atoms with Gasteiger partial charge >= 0.3 is 5.69 Å². The fourth-order valence-corrected chi connectivity index (χ4v) is 2.16. The molecule has 0 unspecified atom stereocenters. The predicted octanol–water partition coefficient (Wildman–Crippen LogP) is 2.76. The van der Waals surface area contributed by atoms with Crippen molar-refractivity contribution in [2.45, 2.75) is 0 Å². The molecule has 0 fully saturated rings. The van der Waals surface area contributed by atoms with Crippen molar-refractivity contribution in [1.29, 1.82) is 5.26 Å². The average molecular weight is 384 g/mol. The molecule has 0 aliphatic rings. The van der Waals surface area contributed by atoms with Gasteiger partial charge < -0.3 is 15.2 Å². The monoisotopic (exact) mass is 384 g/mol. The summed E-state index contributed by atoms with van der Waals surface area (Å²) in [7, 11) is 1.47. The molecule has 0 aliphatic heterocycles. The third kappa shape index (κ3) is 4.38. The molecule has 0 bridgehead atoms. The first-order chi connectivity index (χ1) is 13.3. The number of anilines is 1. The summed E-state index contributed by atoms with van der Waals surface area (Å²) in [6.07, 6.45) is 0.828. The molecule has 0 saturated heterocycles. The molecule has 0 spiro atoms. The number of methoxy groups -OCH3 is 1. The second kappa shape index (κ2) is 8.28. The van der Waals surface area contributed by atoms with E-state index >= 15 is 0 Å². The van der Waals surface area contributed by atoms with Gasteiger partial charge in [0.05, 0.1) is 23.0 Å². The van der Waals surface area contributed by atoms with Crippen LogP contribution in [-0.4, -0.2) is 28.0 Å². The van der Waals surface area contributed by atoms with E-state index in [1.54, 1.807) is 18.2 Å². The number of carbonyl (C=O) groups excluding carboxylic acids is 1. The summed E-state index contributed by atoms with van der Waals surface area (Å²) in [6, 6.07) is 9.16. The highest BCUT2D eigenvalue weighted by atomic mass is 16.6. The lowest BCUT2D eigenvalue weighted by Gasteiger charge is -2.06. The first-order valence-electron chi connectivity index (χ1n) is 7.49. The van der Waals surface area contributed by atoms with E-state index in [2.05, 4.69) is 5.32 Å². The molecule has 0 aliphatic carbocycles. The Morgan fingerprint density at radius 3 is 2.36 bits per heavy atom. The van der Waals surface area contributed by atoms with Crippen molar-refractivity contribution in [3.05, 3.63) is 67.8 Å². The van der Waals surface area contributed by atoms with Crippen LogP contribution in [0.2, 0.25) is 0 Å². The van der Waals surface area contributed by atoms with E-state index < -0.39 is 44.0 Å². The Balaban J connectivity index is 2.42. The number of non-ortho nitro benzene ring substituents is 1. The van der Waals surface area contributed by atoms with Gasteiger partial charge in [0.15, 0.2) is 0 Å². The number of hydrogen-bond donors (Lipinski definition) is 2.